The number of nitrogen functional groups attached to an aromatic ring is 1. The van der Waals surface area contributed by atoms with Crippen molar-refractivity contribution in [3.8, 4) is 5.75 Å². The lowest BCUT2D eigenvalue weighted by atomic mass is 10.0. The van der Waals surface area contributed by atoms with Crippen LogP contribution in [0.4, 0.5) is 0 Å². The number of rotatable bonds is 7. The molecule has 0 saturated carbocycles. The monoisotopic (exact) mass is 395 g/mol. The summed E-state index contributed by atoms with van der Waals surface area (Å²) in [6, 6.07) is 12.1. The maximum Gasteiger partial charge on any atom is 0.341 e. The van der Waals surface area contributed by atoms with Crippen LogP contribution in [0.25, 0.3) is 0 Å². The van der Waals surface area contributed by atoms with Crippen LogP contribution in [0.15, 0.2) is 48.5 Å². The van der Waals surface area contributed by atoms with Crippen molar-refractivity contribution < 1.29 is 24.2 Å². The highest BCUT2D eigenvalue weighted by molar-refractivity contribution is 6.06. The van der Waals surface area contributed by atoms with Crippen LogP contribution in [-0.2, 0) is 4.79 Å². The number of carboxylic acids is 1. The molecule has 1 fully saturated rings. The van der Waals surface area contributed by atoms with Crippen molar-refractivity contribution in [2.24, 2.45) is 5.73 Å². The van der Waals surface area contributed by atoms with Gasteiger partial charge in [-0.1, -0.05) is 24.3 Å². The van der Waals surface area contributed by atoms with Crippen molar-refractivity contribution in [1.29, 1.82) is 5.41 Å². The summed E-state index contributed by atoms with van der Waals surface area (Å²) in [5, 5.41) is 16.3. The van der Waals surface area contributed by atoms with E-state index in [2.05, 4.69) is 0 Å². The highest BCUT2D eigenvalue weighted by atomic mass is 16.5. The molecule has 1 heterocycles. The first-order chi connectivity index (χ1) is 13.9. The lowest BCUT2D eigenvalue weighted by Crippen LogP contribution is -2.40. The Morgan fingerprint density at radius 3 is 2.41 bits per heavy atom. The van der Waals surface area contributed by atoms with Gasteiger partial charge in [-0.05, 0) is 37.1 Å². The molecular formula is C21H21N3O5. The summed E-state index contributed by atoms with van der Waals surface area (Å²) < 4.78 is 5.24. The van der Waals surface area contributed by atoms with E-state index in [0.717, 1.165) is 0 Å². The highest BCUT2D eigenvalue weighted by Gasteiger charge is 2.36. The normalized spacial score (nSPS) is 15.7. The number of carbonyl (C=O) groups excluding carboxylic acids is 2. The first-order valence-corrected chi connectivity index (χ1v) is 9.11. The second-order valence-corrected chi connectivity index (χ2v) is 6.69. The van der Waals surface area contributed by atoms with E-state index < -0.39 is 18.6 Å². The molecule has 2 aromatic rings. The van der Waals surface area contributed by atoms with Gasteiger partial charge >= 0.3 is 5.97 Å². The number of ketones is 1. The van der Waals surface area contributed by atoms with E-state index in [1.807, 2.05) is 0 Å². The summed E-state index contributed by atoms with van der Waals surface area (Å²) in [6.07, 6.45) is 1.20. The molecule has 0 spiro atoms. The van der Waals surface area contributed by atoms with Gasteiger partial charge < -0.3 is 20.5 Å². The molecule has 3 rings (SSSR count). The smallest absolute Gasteiger partial charge is 0.341 e. The van der Waals surface area contributed by atoms with Gasteiger partial charge in [0.05, 0.1) is 11.6 Å². The van der Waals surface area contributed by atoms with Gasteiger partial charge in [0.15, 0.2) is 12.4 Å². The van der Waals surface area contributed by atoms with E-state index in [0.29, 0.717) is 30.5 Å². The Kier molecular flexibility index (Phi) is 5.92. The SMILES string of the molecule is N=C(N)c1ccc(C(=O)N2CCCC2C(=O)c2ccccc2OCC(=O)O)cc1. The van der Waals surface area contributed by atoms with Crippen molar-refractivity contribution >= 4 is 23.5 Å². The Hall–Kier alpha value is -3.68. The lowest BCUT2D eigenvalue weighted by Gasteiger charge is -2.24. The zero-order chi connectivity index (χ0) is 21.0. The minimum Gasteiger partial charge on any atom is -0.481 e. The molecule has 0 aliphatic carbocycles. The Balaban J connectivity index is 1.82. The molecule has 29 heavy (non-hydrogen) atoms. The summed E-state index contributed by atoms with van der Waals surface area (Å²) in [7, 11) is 0. The van der Waals surface area contributed by atoms with Crippen molar-refractivity contribution in [3.05, 3.63) is 65.2 Å². The first-order valence-electron chi connectivity index (χ1n) is 9.11. The molecule has 0 aromatic heterocycles. The van der Waals surface area contributed by atoms with Gasteiger partial charge in [0, 0.05) is 17.7 Å². The van der Waals surface area contributed by atoms with E-state index in [1.165, 1.54) is 11.0 Å². The number of carbonyl (C=O) groups is 3. The quantitative estimate of drug-likeness (QED) is 0.373. The highest BCUT2D eigenvalue weighted by Crippen LogP contribution is 2.27. The average molecular weight is 395 g/mol. The molecule has 150 valence electrons. The average Bonchev–Trinajstić information content (AvgIpc) is 3.21. The van der Waals surface area contributed by atoms with Gasteiger partial charge in [0.1, 0.15) is 11.6 Å². The zero-order valence-electron chi connectivity index (χ0n) is 15.6. The maximum absolute atomic E-state index is 13.1. The van der Waals surface area contributed by atoms with Gasteiger partial charge in [-0.25, -0.2) is 4.79 Å². The Bertz CT molecular complexity index is 955. The lowest BCUT2D eigenvalue weighted by molar-refractivity contribution is -0.139. The van der Waals surface area contributed by atoms with Gasteiger partial charge in [0.25, 0.3) is 5.91 Å². The fraction of sp³-hybridized carbons (Fsp3) is 0.238. The van der Waals surface area contributed by atoms with Gasteiger partial charge in [0.2, 0.25) is 0 Å². The number of ether oxygens (including phenoxy) is 1. The molecule has 2 aromatic carbocycles. The van der Waals surface area contributed by atoms with Crippen LogP contribution in [0, 0.1) is 5.41 Å². The summed E-state index contributed by atoms with van der Waals surface area (Å²) in [5.41, 5.74) is 6.62. The van der Waals surface area contributed by atoms with Crippen LogP contribution in [0.5, 0.6) is 5.75 Å². The minimum absolute atomic E-state index is 0.0869. The zero-order valence-corrected chi connectivity index (χ0v) is 15.6. The Morgan fingerprint density at radius 1 is 1.10 bits per heavy atom. The van der Waals surface area contributed by atoms with Crippen LogP contribution >= 0.6 is 0 Å². The van der Waals surface area contributed by atoms with Crippen molar-refractivity contribution in [1.82, 2.24) is 4.90 Å². The van der Waals surface area contributed by atoms with E-state index in [4.69, 9.17) is 21.0 Å². The number of amidine groups is 1. The second kappa shape index (κ2) is 8.55. The molecule has 8 nitrogen and oxygen atoms in total. The number of para-hydroxylation sites is 1. The molecule has 0 radical (unpaired) electrons. The fourth-order valence-electron chi connectivity index (χ4n) is 3.36. The van der Waals surface area contributed by atoms with E-state index >= 15 is 0 Å². The topological polar surface area (TPSA) is 134 Å². The molecule has 1 aliphatic rings. The maximum atomic E-state index is 13.1. The summed E-state index contributed by atoms with van der Waals surface area (Å²) in [4.78, 5) is 38.4. The number of hydrogen-bond acceptors (Lipinski definition) is 5. The van der Waals surface area contributed by atoms with E-state index in [9.17, 15) is 14.4 Å². The van der Waals surface area contributed by atoms with Crippen LogP contribution in [0.1, 0.15) is 39.1 Å². The number of nitrogens with zero attached hydrogens (tertiary/aromatic N) is 1. The predicted molar refractivity (Wildman–Crippen MR) is 105 cm³/mol. The third-order valence-electron chi connectivity index (χ3n) is 4.76. The molecule has 1 unspecified atom stereocenters. The van der Waals surface area contributed by atoms with E-state index in [-0.39, 0.29) is 28.8 Å². The second-order valence-electron chi connectivity index (χ2n) is 6.69. The van der Waals surface area contributed by atoms with Gasteiger partial charge in [-0.15, -0.1) is 0 Å². The van der Waals surface area contributed by atoms with Crippen molar-refractivity contribution in [3.63, 3.8) is 0 Å². The van der Waals surface area contributed by atoms with Crippen LogP contribution < -0.4 is 10.5 Å². The number of amides is 1. The molecule has 1 atom stereocenters. The molecule has 4 N–H and O–H groups in total. The first kappa shape index (κ1) is 20.1. The number of benzene rings is 2. The molecule has 8 heteroatoms. The third-order valence-corrected chi connectivity index (χ3v) is 4.76. The van der Waals surface area contributed by atoms with Gasteiger partial charge in [-0.2, -0.15) is 0 Å². The number of carboxylic acid groups (broad SMARTS) is 1. The van der Waals surface area contributed by atoms with Crippen LogP contribution in [0.2, 0.25) is 0 Å². The molecule has 1 amide bonds. The summed E-state index contributed by atoms with van der Waals surface area (Å²) in [5.74, 6) is -1.60. The molecule has 1 saturated heterocycles. The number of Topliss-reactive ketones (excluding diaryl/α,β-unsaturated/α-hetero) is 1. The standard InChI is InChI=1S/C21H21N3O5/c22-20(23)13-7-9-14(10-8-13)21(28)24-11-3-5-16(24)19(27)15-4-1-2-6-17(15)29-12-18(25)26/h1-2,4,6-10,16H,3,5,11-12H2,(H3,22,23)(H,25,26). The predicted octanol–water partition coefficient (Wildman–Crippen LogP) is 1.92. The van der Waals surface area contributed by atoms with Gasteiger partial charge in [-0.3, -0.25) is 15.0 Å². The summed E-state index contributed by atoms with van der Waals surface area (Å²) in [6.45, 7) is -0.109. The number of hydrogen-bond donors (Lipinski definition) is 3. The molecule has 0 bridgehead atoms. The number of nitrogens with two attached hydrogens (primary N) is 1. The minimum atomic E-state index is -1.14. The van der Waals surface area contributed by atoms with Crippen molar-refractivity contribution in [2.75, 3.05) is 13.2 Å². The van der Waals surface area contributed by atoms with Crippen LogP contribution in [0.3, 0.4) is 0 Å². The van der Waals surface area contributed by atoms with Crippen LogP contribution in [-0.4, -0.2) is 52.7 Å². The molecular weight excluding hydrogens is 374 g/mol. The Labute approximate surface area is 167 Å². The number of likely N-dealkylation sites (tertiary alicyclic amines) is 1. The number of nitrogens with one attached hydrogen (secondary N) is 1. The van der Waals surface area contributed by atoms with E-state index in [1.54, 1.807) is 42.5 Å². The summed E-state index contributed by atoms with van der Waals surface area (Å²) >= 11 is 0. The third kappa shape index (κ3) is 4.43. The van der Waals surface area contributed by atoms with Crippen molar-refractivity contribution in [2.45, 2.75) is 18.9 Å². The number of aliphatic carboxylic acids is 1. The fourth-order valence-corrected chi connectivity index (χ4v) is 3.36. The Morgan fingerprint density at radius 2 is 1.76 bits per heavy atom. The molecule has 1 aliphatic heterocycles. The largest absolute Gasteiger partial charge is 0.481 e.